The molecule has 0 aliphatic heterocycles. The summed E-state index contributed by atoms with van der Waals surface area (Å²) in [6, 6.07) is 4.49. The minimum absolute atomic E-state index is 0.326. The van der Waals surface area contributed by atoms with Crippen LogP contribution in [0.1, 0.15) is 38.8 Å². The Labute approximate surface area is 111 Å². The van der Waals surface area contributed by atoms with Gasteiger partial charge in [-0.15, -0.1) is 6.58 Å². The molecule has 0 aliphatic rings. The Morgan fingerprint density at radius 3 is 2.89 bits per heavy atom. The molecule has 3 nitrogen and oxygen atoms in total. The highest BCUT2D eigenvalue weighted by atomic mass is 15.2. The average Bonchev–Trinajstić information content (AvgIpc) is 2.42. The number of nitrogens with zero attached hydrogens (tertiary/aromatic N) is 2. The van der Waals surface area contributed by atoms with Crippen molar-refractivity contribution < 1.29 is 0 Å². The van der Waals surface area contributed by atoms with Crippen molar-refractivity contribution in [3.63, 3.8) is 0 Å². The van der Waals surface area contributed by atoms with Crippen LogP contribution >= 0.6 is 0 Å². The lowest BCUT2D eigenvalue weighted by atomic mass is 10.1. The van der Waals surface area contributed by atoms with Crippen molar-refractivity contribution >= 4 is 5.82 Å². The quantitative estimate of drug-likeness (QED) is 0.715. The van der Waals surface area contributed by atoms with E-state index >= 15 is 0 Å². The first-order valence-corrected chi connectivity index (χ1v) is 6.78. The average molecular weight is 247 g/mol. The van der Waals surface area contributed by atoms with Crippen LogP contribution in [0.5, 0.6) is 0 Å². The summed E-state index contributed by atoms with van der Waals surface area (Å²) in [6.07, 6.45) is 4.92. The van der Waals surface area contributed by atoms with E-state index in [1.807, 2.05) is 18.3 Å². The molecular weight excluding hydrogens is 222 g/mol. The Kier molecular flexibility index (Phi) is 6.44. The monoisotopic (exact) mass is 247 g/mol. The van der Waals surface area contributed by atoms with Crippen LogP contribution in [0.4, 0.5) is 5.82 Å². The number of hydrogen-bond acceptors (Lipinski definition) is 3. The van der Waals surface area contributed by atoms with Gasteiger partial charge in [-0.3, -0.25) is 0 Å². The molecule has 0 bridgehead atoms. The van der Waals surface area contributed by atoms with Gasteiger partial charge in [0.15, 0.2) is 0 Å². The third-order valence-electron chi connectivity index (χ3n) is 3.01. The molecule has 0 saturated heterocycles. The maximum absolute atomic E-state index is 4.54. The molecule has 0 aliphatic carbocycles. The molecule has 3 heteroatoms. The van der Waals surface area contributed by atoms with Crippen LogP contribution in [-0.4, -0.2) is 24.6 Å². The van der Waals surface area contributed by atoms with Crippen LogP contribution < -0.4 is 10.2 Å². The zero-order valence-electron chi connectivity index (χ0n) is 11.8. The molecule has 1 rings (SSSR count). The molecule has 0 radical (unpaired) electrons. The standard InChI is InChI=1S/C15H25N3/c1-5-10-16-13(4)14-9-8-11-17-15(14)18(7-3)12-6-2/h6,8-9,11,13,16H,2,5,7,10,12H2,1,3-4H3. The third-order valence-corrected chi connectivity index (χ3v) is 3.01. The van der Waals surface area contributed by atoms with E-state index in [9.17, 15) is 0 Å². The van der Waals surface area contributed by atoms with Crippen LogP contribution in [0, 0.1) is 0 Å². The van der Waals surface area contributed by atoms with Crippen molar-refractivity contribution in [3.05, 3.63) is 36.5 Å². The SMILES string of the molecule is C=CCN(CC)c1ncccc1C(C)NCCC. The molecule has 0 aromatic carbocycles. The fraction of sp³-hybridized carbons (Fsp3) is 0.533. The van der Waals surface area contributed by atoms with Gasteiger partial charge in [0.25, 0.3) is 0 Å². The Balaban J connectivity index is 2.93. The number of hydrogen-bond donors (Lipinski definition) is 1. The number of anilines is 1. The topological polar surface area (TPSA) is 28.2 Å². The van der Waals surface area contributed by atoms with Gasteiger partial charge in [0.2, 0.25) is 0 Å². The zero-order valence-corrected chi connectivity index (χ0v) is 11.8. The number of nitrogens with one attached hydrogen (secondary N) is 1. The molecule has 1 aromatic rings. The normalized spacial score (nSPS) is 12.2. The van der Waals surface area contributed by atoms with Crippen LogP contribution in [0.3, 0.4) is 0 Å². The maximum atomic E-state index is 4.54. The number of likely N-dealkylation sites (N-methyl/N-ethyl adjacent to an activating group) is 1. The second-order valence-corrected chi connectivity index (χ2v) is 4.42. The van der Waals surface area contributed by atoms with Gasteiger partial charge in [-0.2, -0.15) is 0 Å². The van der Waals surface area contributed by atoms with Gasteiger partial charge in [-0.25, -0.2) is 4.98 Å². The highest BCUT2D eigenvalue weighted by molar-refractivity contribution is 5.48. The minimum Gasteiger partial charge on any atom is -0.353 e. The van der Waals surface area contributed by atoms with Gasteiger partial charge < -0.3 is 10.2 Å². The predicted octanol–water partition coefficient (Wildman–Crippen LogP) is 3.15. The first-order chi connectivity index (χ1) is 8.74. The van der Waals surface area contributed by atoms with E-state index in [1.165, 1.54) is 5.56 Å². The largest absolute Gasteiger partial charge is 0.353 e. The molecular formula is C15H25N3. The molecule has 0 saturated carbocycles. The molecule has 0 fully saturated rings. The van der Waals surface area contributed by atoms with E-state index in [4.69, 9.17) is 0 Å². The Hall–Kier alpha value is -1.35. The summed E-state index contributed by atoms with van der Waals surface area (Å²) >= 11 is 0. The second kappa shape index (κ2) is 7.88. The van der Waals surface area contributed by atoms with Gasteiger partial charge >= 0.3 is 0 Å². The lowest BCUT2D eigenvalue weighted by molar-refractivity contribution is 0.568. The van der Waals surface area contributed by atoms with E-state index < -0.39 is 0 Å². The molecule has 0 amide bonds. The van der Waals surface area contributed by atoms with Crippen LogP contribution in [-0.2, 0) is 0 Å². The molecule has 1 heterocycles. The maximum Gasteiger partial charge on any atom is 0.133 e. The Morgan fingerprint density at radius 1 is 1.50 bits per heavy atom. The van der Waals surface area contributed by atoms with Crippen molar-refractivity contribution in [1.82, 2.24) is 10.3 Å². The molecule has 0 spiro atoms. The smallest absolute Gasteiger partial charge is 0.133 e. The highest BCUT2D eigenvalue weighted by Gasteiger charge is 2.14. The predicted molar refractivity (Wildman–Crippen MR) is 79.0 cm³/mol. The van der Waals surface area contributed by atoms with Crippen molar-refractivity contribution in [3.8, 4) is 0 Å². The van der Waals surface area contributed by atoms with Gasteiger partial charge in [0.05, 0.1) is 0 Å². The van der Waals surface area contributed by atoms with Gasteiger partial charge in [-0.1, -0.05) is 19.1 Å². The van der Waals surface area contributed by atoms with Crippen molar-refractivity contribution in [1.29, 1.82) is 0 Å². The molecule has 1 N–H and O–H groups in total. The Bertz CT molecular complexity index is 363. The van der Waals surface area contributed by atoms with Crippen LogP contribution in [0.25, 0.3) is 0 Å². The summed E-state index contributed by atoms with van der Waals surface area (Å²) in [5.41, 5.74) is 1.26. The van der Waals surface area contributed by atoms with E-state index in [-0.39, 0.29) is 0 Å². The summed E-state index contributed by atoms with van der Waals surface area (Å²) in [7, 11) is 0. The van der Waals surface area contributed by atoms with Crippen molar-refractivity contribution in [2.75, 3.05) is 24.5 Å². The first-order valence-electron chi connectivity index (χ1n) is 6.78. The van der Waals surface area contributed by atoms with E-state index in [1.54, 1.807) is 0 Å². The molecule has 18 heavy (non-hydrogen) atoms. The van der Waals surface area contributed by atoms with Gasteiger partial charge in [0, 0.05) is 30.9 Å². The summed E-state index contributed by atoms with van der Waals surface area (Å²) in [5, 5.41) is 3.52. The van der Waals surface area contributed by atoms with Gasteiger partial charge in [0.1, 0.15) is 5.82 Å². The fourth-order valence-electron chi connectivity index (χ4n) is 2.00. The summed E-state index contributed by atoms with van der Waals surface area (Å²) in [5.74, 6) is 1.07. The number of pyridine rings is 1. The molecule has 1 atom stereocenters. The highest BCUT2D eigenvalue weighted by Crippen LogP contribution is 2.23. The summed E-state index contributed by atoms with van der Waals surface area (Å²) < 4.78 is 0. The van der Waals surface area contributed by atoms with Gasteiger partial charge in [-0.05, 0) is 32.9 Å². The van der Waals surface area contributed by atoms with Crippen LogP contribution in [0.15, 0.2) is 31.0 Å². The van der Waals surface area contributed by atoms with E-state index in [2.05, 4.69) is 48.6 Å². The lowest BCUT2D eigenvalue weighted by Crippen LogP contribution is -2.28. The fourth-order valence-corrected chi connectivity index (χ4v) is 2.00. The van der Waals surface area contributed by atoms with Crippen LogP contribution in [0.2, 0.25) is 0 Å². The number of rotatable bonds is 8. The summed E-state index contributed by atoms with van der Waals surface area (Å²) in [4.78, 5) is 6.78. The number of aromatic nitrogens is 1. The molecule has 1 aromatic heterocycles. The van der Waals surface area contributed by atoms with Crippen molar-refractivity contribution in [2.45, 2.75) is 33.2 Å². The molecule has 1 unspecified atom stereocenters. The molecule has 100 valence electrons. The third kappa shape index (κ3) is 3.84. The van der Waals surface area contributed by atoms with E-state index in [0.29, 0.717) is 6.04 Å². The Morgan fingerprint density at radius 2 is 2.28 bits per heavy atom. The van der Waals surface area contributed by atoms with E-state index in [0.717, 1.165) is 31.9 Å². The summed E-state index contributed by atoms with van der Waals surface area (Å²) in [6.45, 7) is 13.1. The zero-order chi connectivity index (χ0) is 13.4. The van der Waals surface area contributed by atoms with Crippen molar-refractivity contribution in [2.24, 2.45) is 0 Å². The second-order valence-electron chi connectivity index (χ2n) is 4.42. The minimum atomic E-state index is 0.326. The first kappa shape index (κ1) is 14.7. The lowest BCUT2D eigenvalue weighted by Gasteiger charge is -2.25.